The van der Waals surface area contributed by atoms with Crippen LogP contribution >= 0.6 is 27.5 Å². The molecule has 5 heteroatoms. The highest BCUT2D eigenvalue weighted by molar-refractivity contribution is 14.2. The molecule has 0 N–H and O–H groups in total. The number of fused-ring (bicyclic) bond motifs is 4. The van der Waals surface area contributed by atoms with Crippen LogP contribution in [0.15, 0.2) is 187 Å². The lowest BCUT2D eigenvalue weighted by atomic mass is 10.00. The summed E-state index contributed by atoms with van der Waals surface area (Å²) in [7, 11) is -2.01. The molecular weight excluding hydrogens is 840 g/mol. The molecule has 0 aromatic heterocycles. The number of para-hydroxylation sites is 2. The van der Waals surface area contributed by atoms with Gasteiger partial charge in [0.15, 0.2) is 0 Å². The molecule has 0 aliphatic rings. The highest BCUT2D eigenvalue weighted by atomic mass is 127. The Labute approximate surface area is 350 Å². The van der Waals surface area contributed by atoms with E-state index < -0.39 is 14.4 Å². The second-order valence-electron chi connectivity index (χ2n) is 17.4. The molecule has 2 nitrogen and oxygen atoms in total. The van der Waals surface area contributed by atoms with Crippen LogP contribution in [0.5, 0.6) is 0 Å². The number of nitrogens with zero attached hydrogens (tertiary/aromatic N) is 2. The van der Waals surface area contributed by atoms with Crippen LogP contribution in [0.4, 0.5) is 34.1 Å². The van der Waals surface area contributed by atoms with Crippen molar-refractivity contribution in [1.82, 2.24) is 0 Å². The van der Waals surface area contributed by atoms with Gasteiger partial charge < -0.3 is 9.80 Å². The smallest absolute Gasteiger partial charge is 0.0792 e. The number of hydrogen-bond donors (Lipinski definition) is 1. The molecule has 0 radical (unpaired) electrons. The van der Waals surface area contributed by atoms with Crippen molar-refractivity contribution in [2.45, 2.75) is 24.5 Å². The van der Waals surface area contributed by atoms with Crippen LogP contribution in [0.2, 0.25) is 19.6 Å². The molecule has 0 aliphatic carbocycles. The van der Waals surface area contributed by atoms with Gasteiger partial charge in [0.2, 0.25) is 0 Å². The van der Waals surface area contributed by atoms with Crippen LogP contribution in [-0.2, 0) is 0 Å². The molecular formula is C52H49IN2SSi. The van der Waals surface area contributed by atoms with E-state index in [-0.39, 0.29) is 0 Å². The van der Waals surface area contributed by atoms with Crippen LogP contribution in [-0.4, -0.2) is 26.8 Å². The maximum Gasteiger partial charge on any atom is 0.0792 e. The summed E-state index contributed by atoms with van der Waals surface area (Å²) in [5.41, 5.74) is 7.00. The summed E-state index contributed by atoms with van der Waals surface area (Å²) in [6.07, 6.45) is 5.13. The topological polar surface area (TPSA) is 6.48 Å². The Balaban J connectivity index is 1.38. The van der Waals surface area contributed by atoms with Gasteiger partial charge in [0.1, 0.15) is 0 Å². The van der Waals surface area contributed by atoms with Gasteiger partial charge in [-0.1, -0.05) is 141 Å². The molecule has 0 saturated carbocycles. The quantitative estimate of drug-likeness (QED) is 0.0703. The van der Waals surface area contributed by atoms with E-state index in [1.807, 2.05) is 0 Å². The molecule has 284 valence electrons. The predicted molar refractivity (Wildman–Crippen MR) is 268 cm³/mol. The Morgan fingerprint density at radius 3 is 1.18 bits per heavy atom. The van der Waals surface area contributed by atoms with E-state index in [1.165, 1.54) is 75.9 Å². The van der Waals surface area contributed by atoms with Gasteiger partial charge >= 0.3 is 0 Å². The second kappa shape index (κ2) is 14.1. The summed E-state index contributed by atoms with van der Waals surface area (Å²) in [5, 5.41) is 12.0. The van der Waals surface area contributed by atoms with E-state index in [0.29, 0.717) is 0 Å². The minimum atomic E-state index is -2.40. The van der Waals surface area contributed by atoms with E-state index in [0.717, 1.165) is 11.4 Å². The summed E-state index contributed by atoms with van der Waals surface area (Å²) in [6.45, 7) is 7.56. The van der Waals surface area contributed by atoms with E-state index >= 15 is 0 Å². The lowest BCUT2D eigenvalue weighted by molar-refractivity contribution is 1.30. The number of halogens is 1. The van der Waals surface area contributed by atoms with E-state index in [1.54, 1.807) is 0 Å². The zero-order valence-corrected chi connectivity index (χ0v) is 37.6. The van der Waals surface area contributed by atoms with E-state index in [4.69, 9.17) is 0 Å². The van der Waals surface area contributed by atoms with Crippen LogP contribution in [0.1, 0.15) is 0 Å². The molecule has 9 aromatic rings. The zero-order valence-electron chi connectivity index (χ0n) is 33.5. The first-order valence-corrected chi connectivity index (χ1v) is 29.6. The van der Waals surface area contributed by atoms with Crippen LogP contribution in [0, 0.1) is 0 Å². The molecule has 0 aliphatic heterocycles. The van der Waals surface area contributed by atoms with Gasteiger partial charge in [-0.3, -0.25) is 0 Å². The SMILES string of the molecule is C[Si](C)(C)c1c2cc(N(c3ccccc3)c3cccc4ccccc34)ccc2c([SH](C)(C)(C)I)c2ccc(N(c3ccccc3)c3cccc4ccccc34)cc12. The fourth-order valence-electron chi connectivity index (χ4n) is 8.90. The molecule has 0 fully saturated rings. The molecule has 9 aromatic carbocycles. The third-order valence-electron chi connectivity index (χ3n) is 11.1. The number of thiol groups is 1. The zero-order chi connectivity index (χ0) is 39.6. The minimum absolute atomic E-state index is 1.15. The first kappa shape index (κ1) is 37.5. The van der Waals surface area contributed by atoms with Crippen molar-refractivity contribution in [3.05, 3.63) is 182 Å². The monoisotopic (exact) mass is 888 g/mol. The Bertz CT molecular complexity index is 2760. The van der Waals surface area contributed by atoms with E-state index in [9.17, 15) is 0 Å². The fraction of sp³-hybridized carbons (Fsp3) is 0.115. The van der Waals surface area contributed by atoms with Gasteiger partial charge in [-0.15, -0.1) is 0 Å². The highest BCUT2D eigenvalue weighted by Gasteiger charge is 2.33. The second-order valence-corrected chi connectivity index (χ2v) is 38.2. The van der Waals surface area contributed by atoms with Gasteiger partial charge in [0, 0.05) is 33.5 Å². The average Bonchev–Trinajstić information content (AvgIpc) is 3.20. The largest absolute Gasteiger partial charge is 0.310 e. The van der Waals surface area contributed by atoms with Crippen molar-refractivity contribution in [1.29, 1.82) is 0 Å². The van der Waals surface area contributed by atoms with Gasteiger partial charge in [-0.05, 0) is 143 Å². The molecule has 9 rings (SSSR count). The highest BCUT2D eigenvalue weighted by Crippen LogP contribution is 2.76. The lowest BCUT2D eigenvalue weighted by Gasteiger charge is -2.47. The van der Waals surface area contributed by atoms with Gasteiger partial charge in [0.25, 0.3) is 0 Å². The summed E-state index contributed by atoms with van der Waals surface area (Å²) in [6, 6.07) is 67.2. The Hall–Kier alpha value is -5.08. The molecule has 0 amide bonds. The third kappa shape index (κ3) is 6.90. The number of hydrogen-bond acceptors (Lipinski definition) is 2. The van der Waals surface area contributed by atoms with E-state index in [2.05, 4.69) is 251 Å². The predicted octanol–water partition coefficient (Wildman–Crippen LogP) is 15.5. The summed E-state index contributed by atoms with van der Waals surface area (Å²) >= 11 is 2.83. The minimum Gasteiger partial charge on any atom is -0.310 e. The molecule has 0 heterocycles. The maximum absolute atomic E-state index is 2.83. The summed E-state index contributed by atoms with van der Waals surface area (Å²) in [4.78, 5) is 6.42. The number of anilines is 6. The van der Waals surface area contributed by atoms with Crippen molar-refractivity contribution in [2.75, 3.05) is 28.6 Å². The number of benzene rings is 9. The average molecular weight is 889 g/mol. The Morgan fingerprint density at radius 1 is 0.386 bits per heavy atom. The van der Waals surface area contributed by atoms with Gasteiger partial charge in [-0.25, -0.2) is 6.33 Å². The molecule has 0 atom stereocenters. The third-order valence-corrected chi connectivity index (χ3v) is 16.6. The summed E-state index contributed by atoms with van der Waals surface area (Å²) in [5.74, 6) is 0. The van der Waals surface area contributed by atoms with Crippen molar-refractivity contribution >= 4 is 118 Å². The molecule has 0 bridgehead atoms. The first-order chi connectivity index (χ1) is 27.3. The standard InChI is InChI=1S/C52H49IN2SSi/c1-56(2,3,53)51-45-33-31-41(54(39-23-9-7-10-24-39)49-29-17-21-37-19-13-15-27-43(37)49)35-47(45)52(57(4,5)6)48-36-42(32-34-46(48)51)55(40-25-11-8-12-26-40)50-30-18-22-38-20-14-16-28-44(38)50/h7-36,56H,1-6H3. The summed E-state index contributed by atoms with van der Waals surface area (Å²) < 4.78 is 0. The van der Waals surface area contributed by atoms with Crippen molar-refractivity contribution in [2.24, 2.45) is 0 Å². The fourth-order valence-corrected chi connectivity index (χ4v) is 14.5. The van der Waals surface area contributed by atoms with Gasteiger partial charge in [-0.2, -0.15) is 0 Å². The van der Waals surface area contributed by atoms with Crippen molar-refractivity contribution in [3.63, 3.8) is 0 Å². The van der Waals surface area contributed by atoms with Crippen LogP contribution in [0.3, 0.4) is 0 Å². The lowest BCUT2D eigenvalue weighted by Crippen LogP contribution is -2.39. The maximum atomic E-state index is 2.83. The van der Waals surface area contributed by atoms with Crippen LogP contribution in [0.25, 0.3) is 43.1 Å². The molecule has 0 saturated heterocycles. The normalized spacial score (nSPS) is 12.9. The van der Waals surface area contributed by atoms with Crippen molar-refractivity contribution in [3.8, 4) is 0 Å². The number of rotatable bonds is 8. The first-order valence-electron chi connectivity index (χ1n) is 19.8. The Morgan fingerprint density at radius 2 is 0.772 bits per heavy atom. The van der Waals surface area contributed by atoms with Crippen molar-refractivity contribution < 1.29 is 0 Å². The van der Waals surface area contributed by atoms with Gasteiger partial charge in [0.05, 0.1) is 19.4 Å². The molecule has 0 unspecified atom stereocenters. The van der Waals surface area contributed by atoms with Crippen LogP contribution < -0.4 is 15.0 Å². The molecule has 57 heavy (non-hydrogen) atoms. The molecule has 0 spiro atoms. The Kier molecular flexibility index (Phi) is 9.26.